The van der Waals surface area contributed by atoms with Crippen molar-refractivity contribution >= 4 is 22.8 Å². The number of benzene rings is 1. The number of oxazole rings is 1. The molecule has 0 bridgehead atoms. The van der Waals surface area contributed by atoms with Crippen LogP contribution in [0.25, 0.3) is 11.1 Å². The van der Waals surface area contributed by atoms with Crippen LogP contribution in [0.1, 0.15) is 5.89 Å². The molecule has 2 rings (SSSR count). The number of aryl methyl sites for hydroxylation is 1. The van der Waals surface area contributed by atoms with Crippen LogP contribution in [0, 0.1) is 6.92 Å². The summed E-state index contributed by atoms with van der Waals surface area (Å²) in [7, 11) is 0. The summed E-state index contributed by atoms with van der Waals surface area (Å²) in [5.41, 5.74) is 1.99. The lowest BCUT2D eigenvalue weighted by Gasteiger charge is -2.20. The van der Waals surface area contributed by atoms with Crippen LogP contribution in [0.15, 0.2) is 35.3 Å². The Bertz CT molecular complexity index is 621. The number of amides is 2. The first-order chi connectivity index (χ1) is 9.63. The Balaban J connectivity index is 2.13. The number of aliphatic hydroxyl groups excluding tert-OH is 1. The number of urea groups is 1. The molecule has 6 nitrogen and oxygen atoms in total. The van der Waals surface area contributed by atoms with E-state index in [2.05, 4.69) is 16.9 Å². The molecule has 20 heavy (non-hydrogen) atoms. The fraction of sp³-hybridized carbons (Fsp3) is 0.286. The van der Waals surface area contributed by atoms with Crippen LogP contribution in [0.3, 0.4) is 0 Å². The van der Waals surface area contributed by atoms with E-state index in [1.807, 2.05) is 0 Å². The van der Waals surface area contributed by atoms with Gasteiger partial charge in [-0.15, -0.1) is 6.58 Å². The topological polar surface area (TPSA) is 78.6 Å². The Hall–Kier alpha value is -2.34. The lowest BCUT2D eigenvalue weighted by Crippen LogP contribution is -2.37. The van der Waals surface area contributed by atoms with Crippen molar-refractivity contribution in [2.75, 3.05) is 25.0 Å². The molecule has 0 fully saturated rings. The van der Waals surface area contributed by atoms with Gasteiger partial charge in [0.15, 0.2) is 11.5 Å². The van der Waals surface area contributed by atoms with Crippen molar-refractivity contribution in [1.29, 1.82) is 0 Å². The fourth-order valence-corrected chi connectivity index (χ4v) is 1.87. The first kappa shape index (κ1) is 14.1. The van der Waals surface area contributed by atoms with Crippen LogP contribution in [-0.2, 0) is 0 Å². The monoisotopic (exact) mass is 275 g/mol. The summed E-state index contributed by atoms with van der Waals surface area (Å²) in [5.74, 6) is 0.581. The second-order valence-electron chi connectivity index (χ2n) is 4.30. The predicted octanol–water partition coefficient (Wildman–Crippen LogP) is 2.15. The minimum absolute atomic E-state index is 0.0956. The van der Waals surface area contributed by atoms with E-state index in [0.717, 1.165) is 5.52 Å². The minimum Gasteiger partial charge on any atom is -0.441 e. The molecule has 0 aliphatic heterocycles. The summed E-state index contributed by atoms with van der Waals surface area (Å²) in [4.78, 5) is 17.7. The van der Waals surface area contributed by atoms with Crippen LogP contribution in [0.2, 0.25) is 0 Å². The van der Waals surface area contributed by atoms with Crippen LogP contribution >= 0.6 is 0 Å². The quantitative estimate of drug-likeness (QED) is 0.819. The van der Waals surface area contributed by atoms with Crippen molar-refractivity contribution in [3.8, 4) is 0 Å². The zero-order chi connectivity index (χ0) is 14.5. The molecule has 1 heterocycles. The SMILES string of the molecule is C=CCN(CCO)C(=O)Nc1ccc2nc(C)oc2c1. The average Bonchev–Trinajstić information content (AvgIpc) is 2.77. The summed E-state index contributed by atoms with van der Waals surface area (Å²) in [6.45, 7) is 5.89. The van der Waals surface area contributed by atoms with Gasteiger partial charge in [0.2, 0.25) is 0 Å². The maximum atomic E-state index is 12.0. The van der Waals surface area contributed by atoms with E-state index < -0.39 is 0 Å². The van der Waals surface area contributed by atoms with Crippen LogP contribution in [0.4, 0.5) is 10.5 Å². The molecule has 0 spiro atoms. The highest BCUT2D eigenvalue weighted by Gasteiger charge is 2.12. The van der Waals surface area contributed by atoms with Gasteiger partial charge in [0.25, 0.3) is 0 Å². The highest BCUT2D eigenvalue weighted by atomic mass is 16.3. The van der Waals surface area contributed by atoms with E-state index in [4.69, 9.17) is 9.52 Å². The molecule has 2 amide bonds. The molecular weight excluding hydrogens is 258 g/mol. The summed E-state index contributed by atoms with van der Waals surface area (Å²) in [5, 5.41) is 11.7. The third kappa shape index (κ3) is 3.16. The number of aromatic nitrogens is 1. The number of fused-ring (bicyclic) bond motifs is 1. The standard InChI is InChI=1S/C14H17N3O3/c1-3-6-17(7-8-18)14(19)16-11-4-5-12-13(9-11)20-10(2)15-12/h3-5,9,18H,1,6-8H2,2H3,(H,16,19). The number of carbonyl (C=O) groups excluding carboxylic acids is 1. The Morgan fingerprint density at radius 1 is 1.60 bits per heavy atom. The van der Waals surface area contributed by atoms with E-state index in [1.165, 1.54) is 4.90 Å². The number of hydrogen-bond acceptors (Lipinski definition) is 4. The molecule has 0 aliphatic carbocycles. The van der Waals surface area contributed by atoms with Crippen molar-refractivity contribution < 1.29 is 14.3 Å². The summed E-state index contributed by atoms with van der Waals surface area (Å²) in [6, 6.07) is 4.96. The summed E-state index contributed by atoms with van der Waals surface area (Å²) < 4.78 is 5.41. The van der Waals surface area contributed by atoms with E-state index in [9.17, 15) is 4.79 Å². The van der Waals surface area contributed by atoms with Gasteiger partial charge < -0.3 is 19.7 Å². The maximum absolute atomic E-state index is 12.0. The first-order valence-corrected chi connectivity index (χ1v) is 6.29. The number of nitrogens with one attached hydrogen (secondary N) is 1. The molecule has 0 unspecified atom stereocenters. The van der Waals surface area contributed by atoms with Crippen molar-refractivity contribution in [2.24, 2.45) is 0 Å². The maximum Gasteiger partial charge on any atom is 0.322 e. The van der Waals surface area contributed by atoms with E-state index in [-0.39, 0.29) is 19.2 Å². The van der Waals surface area contributed by atoms with Gasteiger partial charge in [-0.2, -0.15) is 0 Å². The zero-order valence-corrected chi connectivity index (χ0v) is 11.3. The molecule has 2 N–H and O–H groups in total. The first-order valence-electron chi connectivity index (χ1n) is 6.29. The third-order valence-corrected chi connectivity index (χ3v) is 2.75. The zero-order valence-electron chi connectivity index (χ0n) is 11.3. The van der Waals surface area contributed by atoms with E-state index >= 15 is 0 Å². The molecule has 1 aromatic carbocycles. The fourth-order valence-electron chi connectivity index (χ4n) is 1.87. The largest absolute Gasteiger partial charge is 0.441 e. The number of nitrogens with zero attached hydrogens (tertiary/aromatic N) is 2. The van der Waals surface area contributed by atoms with Crippen LogP contribution < -0.4 is 5.32 Å². The van der Waals surface area contributed by atoms with Crippen LogP contribution in [-0.4, -0.2) is 40.7 Å². The molecule has 0 radical (unpaired) electrons. The van der Waals surface area contributed by atoms with Crippen molar-refractivity contribution in [1.82, 2.24) is 9.88 Å². The Morgan fingerprint density at radius 3 is 3.10 bits per heavy atom. The van der Waals surface area contributed by atoms with Gasteiger partial charge in [-0.05, 0) is 12.1 Å². The molecule has 6 heteroatoms. The van der Waals surface area contributed by atoms with Gasteiger partial charge in [-0.3, -0.25) is 0 Å². The third-order valence-electron chi connectivity index (χ3n) is 2.75. The summed E-state index contributed by atoms with van der Waals surface area (Å²) in [6.07, 6.45) is 1.61. The van der Waals surface area contributed by atoms with Gasteiger partial charge in [0.1, 0.15) is 5.52 Å². The molecule has 0 saturated carbocycles. The smallest absolute Gasteiger partial charge is 0.322 e. The second-order valence-corrected chi connectivity index (χ2v) is 4.30. The van der Waals surface area contributed by atoms with Gasteiger partial charge in [-0.25, -0.2) is 9.78 Å². The molecule has 0 atom stereocenters. The second kappa shape index (κ2) is 6.21. The number of rotatable bonds is 5. The lowest BCUT2D eigenvalue weighted by molar-refractivity contribution is 0.195. The number of hydrogen-bond donors (Lipinski definition) is 2. The lowest BCUT2D eigenvalue weighted by atomic mass is 10.3. The number of aliphatic hydroxyl groups is 1. The highest BCUT2D eigenvalue weighted by molar-refractivity contribution is 5.91. The Morgan fingerprint density at radius 2 is 2.40 bits per heavy atom. The van der Waals surface area contributed by atoms with Crippen LogP contribution in [0.5, 0.6) is 0 Å². The molecule has 106 valence electrons. The van der Waals surface area contributed by atoms with E-state index in [1.54, 1.807) is 31.2 Å². The normalized spacial score (nSPS) is 10.5. The van der Waals surface area contributed by atoms with Gasteiger partial charge >= 0.3 is 6.03 Å². The Labute approximate surface area is 116 Å². The molecular formula is C14H17N3O3. The van der Waals surface area contributed by atoms with Crippen molar-refractivity contribution in [3.05, 3.63) is 36.7 Å². The van der Waals surface area contributed by atoms with Crippen molar-refractivity contribution in [3.63, 3.8) is 0 Å². The predicted molar refractivity (Wildman–Crippen MR) is 76.6 cm³/mol. The highest BCUT2D eigenvalue weighted by Crippen LogP contribution is 2.20. The molecule has 0 aliphatic rings. The van der Waals surface area contributed by atoms with Crippen molar-refractivity contribution in [2.45, 2.75) is 6.92 Å². The Kier molecular flexibility index (Phi) is 4.37. The van der Waals surface area contributed by atoms with Gasteiger partial charge in [-0.1, -0.05) is 6.08 Å². The molecule has 1 aromatic heterocycles. The summed E-state index contributed by atoms with van der Waals surface area (Å²) >= 11 is 0. The number of carbonyl (C=O) groups is 1. The molecule has 2 aromatic rings. The average molecular weight is 275 g/mol. The van der Waals surface area contributed by atoms with Gasteiger partial charge in [0, 0.05) is 31.8 Å². The van der Waals surface area contributed by atoms with Gasteiger partial charge in [0.05, 0.1) is 6.61 Å². The van der Waals surface area contributed by atoms with E-state index in [0.29, 0.717) is 23.7 Å². The minimum atomic E-state index is -0.297. The molecule has 0 saturated heterocycles. The number of anilines is 1.